The van der Waals surface area contributed by atoms with Crippen LogP contribution in [0.4, 0.5) is 32.0 Å². The SMILES string of the molecule is O=C(Nc1cc(C(F)(F)F)cc(C(F)(F)F)c1)c1c(CO)c2ccccc2[nH]c1=O. The molecule has 3 N–H and O–H groups in total. The smallest absolute Gasteiger partial charge is 0.392 e. The van der Waals surface area contributed by atoms with E-state index in [-0.39, 0.29) is 11.6 Å². The summed E-state index contributed by atoms with van der Waals surface area (Å²) in [6.45, 7) is -0.760. The van der Waals surface area contributed by atoms with E-state index in [4.69, 9.17) is 0 Å². The number of carbonyl (C=O) groups excluding carboxylic acids is 1. The summed E-state index contributed by atoms with van der Waals surface area (Å²) in [5.74, 6) is -1.27. The van der Waals surface area contributed by atoms with Crippen LogP contribution in [0, 0.1) is 0 Å². The number of aliphatic hydroxyl groups excluding tert-OH is 1. The second-order valence-electron chi connectivity index (χ2n) is 6.26. The van der Waals surface area contributed by atoms with Gasteiger partial charge in [0.15, 0.2) is 0 Å². The van der Waals surface area contributed by atoms with Gasteiger partial charge in [-0.1, -0.05) is 18.2 Å². The summed E-state index contributed by atoms with van der Waals surface area (Å²) < 4.78 is 77.9. The van der Waals surface area contributed by atoms with Crippen molar-refractivity contribution in [3.8, 4) is 0 Å². The molecule has 0 saturated heterocycles. The summed E-state index contributed by atoms with van der Waals surface area (Å²) in [7, 11) is 0. The molecule has 1 amide bonds. The van der Waals surface area contributed by atoms with Gasteiger partial charge in [-0.05, 0) is 24.3 Å². The van der Waals surface area contributed by atoms with Crippen molar-refractivity contribution in [1.82, 2.24) is 4.98 Å². The number of anilines is 1. The average molecular weight is 430 g/mol. The summed E-state index contributed by atoms with van der Waals surface area (Å²) >= 11 is 0. The number of hydrogen-bond donors (Lipinski definition) is 3. The first-order chi connectivity index (χ1) is 13.9. The Hall–Kier alpha value is -3.34. The molecule has 30 heavy (non-hydrogen) atoms. The minimum atomic E-state index is -5.10. The standard InChI is InChI=1S/C19H12F6N2O3/c20-18(21,22)9-5-10(19(23,24)25)7-11(6-9)26-16(29)15-13(8-28)12-3-1-2-4-14(12)27-17(15)30/h1-7,28H,8H2,(H,26,29)(H,27,30). The van der Waals surface area contributed by atoms with Gasteiger partial charge in [0.05, 0.1) is 17.7 Å². The molecular weight excluding hydrogens is 418 g/mol. The number of carbonyl (C=O) groups is 1. The average Bonchev–Trinajstić information content (AvgIpc) is 2.65. The number of pyridine rings is 1. The zero-order valence-corrected chi connectivity index (χ0v) is 14.8. The van der Waals surface area contributed by atoms with Crippen LogP contribution >= 0.6 is 0 Å². The molecule has 2 aromatic carbocycles. The second-order valence-corrected chi connectivity index (χ2v) is 6.26. The lowest BCUT2D eigenvalue weighted by Crippen LogP contribution is -2.26. The molecule has 0 spiro atoms. The molecule has 5 nitrogen and oxygen atoms in total. The van der Waals surface area contributed by atoms with Crippen molar-refractivity contribution in [2.45, 2.75) is 19.0 Å². The Morgan fingerprint density at radius 1 is 0.967 bits per heavy atom. The number of nitrogens with one attached hydrogen (secondary N) is 2. The number of para-hydroxylation sites is 1. The molecule has 0 aliphatic rings. The van der Waals surface area contributed by atoms with Crippen LogP contribution < -0.4 is 10.9 Å². The third-order valence-electron chi connectivity index (χ3n) is 4.26. The zero-order chi connectivity index (χ0) is 22.3. The number of rotatable bonds is 3. The number of H-pyrrole nitrogens is 1. The molecule has 0 unspecified atom stereocenters. The van der Waals surface area contributed by atoms with E-state index in [2.05, 4.69) is 4.98 Å². The van der Waals surface area contributed by atoms with Gasteiger partial charge >= 0.3 is 12.4 Å². The minimum absolute atomic E-state index is 0.0857. The molecular formula is C19H12F6N2O3. The highest BCUT2D eigenvalue weighted by molar-refractivity contribution is 6.07. The van der Waals surface area contributed by atoms with Crippen molar-refractivity contribution in [2.75, 3.05) is 5.32 Å². The fourth-order valence-electron chi connectivity index (χ4n) is 2.94. The summed E-state index contributed by atoms with van der Waals surface area (Å²) in [4.78, 5) is 27.3. The summed E-state index contributed by atoms with van der Waals surface area (Å²) in [6.07, 6.45) is -10.2. The molecule has 0 aliphatic heterocycles. The van der Waals surface area contributed by atoms with Crippen LogP contribution in [0.1, 0.15) is 27.0 Å². The van der Waals surface area contributed by atoms with Crippen LogP contribution in [0.5, 0.6) is 0 Å². The topological polar surface area (TPSA) is 82.2 Å². The number of amides is 1. The van der Waals surface area contributed by atoms with E-state index in [1.165, 1.54) is 12.1 Å². The monoisotopic (exact) mass is 430 g/mol. The largest absolute Gasteiger partial charge is 0.416 e. The third-order valence-corrected chi connectivity index (χ3v) is 4.26. The highest BCUT2D eigenvalue weighted by Gasteiger charge is 2.37. The molecule has 0 saturated carbocycles. The number of aliphatic hydroxyl groups is 1. The summed E-state index contributed by atoms with van der Waals surface area (Å²) in [5, 5.41) is 11.8. The van der Waals surface area contributed by atoms with Crippen molar-refractivity contribution < 1.29 is 36.2 Å². The maximum absolute atomic E-state index is 13.0. The van der Waals surface area contributed by atoms with Gasteiger partial charge in [-0.15, -0.1) is 0 Å². The van der Waals surface area contributed by atoms with Crippen molar-refractivity contribution in [2.24, 2.45) is 0 Å². The minimum Gasteiger partial charge on any atom is -0.392 e. The molecule has 0 bridgehead atoms. The maximum Gasteiger partial charge on any atom is 0.416 e. The van der Waals surface area contributed by atoms with Gasteiger partial charge in [0, 0.05) is 22.2 Å². The lowest BCUT2D eigenvalue weighted by molar-refractivity contribution is -0.143. The van der Waals surface area contributed by atoms with Crippen LogP contribution in [0.25, 0.3) is 10.9 Å². The lowest BCUT2D eigenvalue weighted by atomic mass is 10.0. The number of aromatic nitrogens is 1. The Bertz CT molecular complexity index is 1150. The number of hydrogen-bond acceptors (Lipinski definition) is 3. The van der Waals surface area contributed by atoms with E-state index in [0.717, 1.165) is 0 Å². The fourth-order valence-corrected chi connectivity index (χ4v) is 2.94. The van der Waals surface area contributed by atoms with Gasteiger partial charge in [-0.3, -0.25) is 9.59 Å². The van der Waals surface area contributed by atoms with Crippen molar-refractivity contribution in [1.29, 1.82) is 0 Å². The van der Waals surface area contributed by atoms with Crippen molar-refractivity contribution in [3.05, 3.63) is 75.1 Å². The van der Waals surface area contributed by atoms with Gasteiger partial charge in [0.25, 0.3) is 11.5 Å². The van der Waals surface area contributed by atoms with E-state index in [1.807, 2.05) is 5.32 Å². The van der Waals surface area contributed by atoms with Crippen molar-refractivity contribution >= 4 is 22.5 Å². The molecule has 3 aromatic rings. The van der Waals surface area contributed by atoms with Gasteiger partial charge in [0.2, 0.25) is 0 Å². The normalized spacial score (nSPS) is 12.2. The second kappa shape index (κ2) is 7.48. The fraction of sp³-hybridized carbons (Fsp3) is 0.158. The number of benzene rings is 2. The molecule has 1 aromatic heterocycles. The zero-order valence-electron chi connectivity index (χ0n) is 14.8. The molecule has 0 aliphatic carbocycles. The molecule has 1 heterocycles. The molecule has 0 fully saturated rings. The first kappa shape index (κ1) is 21.4. The Labute approximate surface area is 164 Å². The van der Waals surface area contributed by atoms with E-state index < -0.39 is 52.8 Å². The lowest BCUT2D eigenvalue weighted by Gasteiger charge is -2.15. The predicted octanol–water partition coefficient (Wildman–Crippen LogP) is 4.31. The van der Waals surface area contributed by atoms with Crippen LogP contribution in [-0.2, 0) is 19.0 Å². The Morgan fingerprint density at radius 3 is 2.07 bits per heavy atom. The first-order valence-corrected chi connectivity index (χ1v) is 8.27. The number of alkyl halides is 6. The Kier molecular flexibility index (Phi) is 5.33. The highest BCUT2D eigenvalue weighted by atomic mass is 19.4. The quantitative estimate of drug-likeness (QED) is 0.542. The van der Waals surface area contributed by atoms with Gasteiger partial charge in [-0.2, -0.15) is 26.3 Å². The van der Waals surface area contributed by atoms with Gasteiger partial charge in [0.1, 0.15) is 5.56 Å². The molecule has 11 heteroatoms. The van der Waals surface area contributed by atoms with E-state index >= 15 is 0 Å². The summed E-state index contributed by atoms with van der Waals surface area (Å²) in [6, 6.07) is 6.68. The Morgan fingerprint density at radius 2 is 1.53 bits per heavy atom. The Balaban J connectivity index is 2.11. The van der Waals surface area contributed by atoms with E-state index in [9.17, 15) is 41.0 Å². The third kappa shape index (κ3) is 4.15. The number of aromatic amines is 1. The number of fused-ring (bicyclic) bond motifs is 1. The van der Waals surface area contributed by atoms with Crippen LogP contribution in [0.15, 0.2) is 47.3 Å². The van der Waals surface area contributed by atoms with Gasteiger partial charge in [-0.25, -0.2) is 0 Å². The molecule has 0 atom stereocenters. The summed E-state index contributed by atoms with van der Waals surface area (Å²) in [5.41, 5.74) is -5.46. The van der Waals surface area contributed by atoms with Crippen LogP contribution in [0.2, 0.25) is 0 Å². The van der Waals surface area contributed by atoms with Crippen LogP contribution in [0.3, 0.4) is 0 Å². The maximum atomic E-state index is 13.0. The predicted molar refractivity (Wildman–Crippen MR) is 94.9 cm³/mol. The molecule has 158 valence electrons. The van der Waals surface area contributed by atoms with E-state index in [1.54, 1.807) is 12.1 Å². The van der Waals surface area contributed by atoms with Crippen molar-refractivity contribution in [3.63, 3.8) is 0 Å². The van der Waals surface area contributed by atoms with Gasteiger partial charge < -0.3 is 15.4 Å². The molecule has 0 radical (unpaired) electrons. The molecule has 3 rings (SSSR count). The van der Waals surface area contributed by atoms with Crippen LogP contribution in [-0.4, -0.2) is 16.0 Å². The van der Waals surface area contributed by atoms with E-state index in [0.29, 0.717) is 23.0 Å². The number of halogens is 6. The first-order valence-electron chi connectivity index (χ1n) is 8.27. The highest BCUT2D eigenvalue weighted by Crippen LogP contribution is 2.37.